The molecule has 18 heavy (non-hydrogen) atoms. The summed E-state index contributed by atoms with van der Waals surface area (Å²) >= 11 is 0. The van der Waals surface area contributed by atoms with E-state index in [1.54, 1.807) is 12.1 Å². The molecule has 0 radical (unpaired) electrons. The van der Waals surface area contributed by atoms with Crippen LogP contribution < -0.4 is 16.7 Å². The van der Waals surface area contributed by atoms with E-state index in [1.807, 2.05) is 0 Å². The van der Waals surface area contributed by atoms with E-state index in [0.29, 0.717) is 31.2 Å². The molecule has 0 fully saturated rings. The highest BCUT2D eigenvalue weighted by molar-refractivity contribution is 5.42. The van der Waals surface area contributed by atoms with E-state index in [1.165, 1.54) is 4.52 Å². The minimum atomic E-state index is -0.347. The van der Waals surface area contributed by atoms with Gasteiger partial charge in [-0.3, -0.25) is 0 Å². The Morgan fingerprint density at radius 2 is 2.33 bits per heavy atom. The maximum atomic E-state index is 11.3. The van der Waals surface area contributed by atoms with E-state index in [9.17, 15) is 4.79 Å². The number of aromatic nitrogens is 4. The first-order valence-corrected chi connectivity index (χ1v) is 5.77. The van der Waals surface area contributed by atoms with Crippen LogP contribution in [0.4, 0.5) is 5.82 Å². The van der Waals surface area contributed by atoms with Gasteiger partial charge in [-0.15, -0.1) is 5.10 Å². The fraction of sp³-hybridized carbons (Fsp3) is 0.500. The molecule has 0 aliphatic carbocycles. The number of nitrogens with two attached hydrogens (primary N) is 1. The molecule has 0 spiro atoms. The summed E-state index contributed by atoms with van der Waals surface area (Å²) in [5.74, 6) is 0.629. The van der Waals surface area contributed by atoms with Gasteiger partial charge >= 0.3 is 5.69 Å². The number of nitrogens with zero attached hydrogens (tertiary/aromatic N) is 3. The van der Waals surface area contributed by atoms with Crippen molar-refractivity contribution in [2.75, 3.05) is 31.6 Å². The Morgan fingerprint density at radius 3 is 3.17 bits per heavy atom. The number of anilines is 1. The van der Waals surface area contributed by atoms with E-state index < -0.39 is 0 Å². The Morgan fingerprint density at radius 1 is 1.44 bits per heavy atom. The molecule has 98 valence electrons. The monoisotopic (exact) mass is 252 g/mol. The first-order valence-electron chi connectivity index (χ1n) is 5.77. The first kappa shape index (κ1) is 12.5. The molecule has 0 atom stereocenters. The summed E-state index contributed by atoms with van der Waals surface area (Å²) in [6, 6.07) is 3.49. The maximum Gasteiger partial charge on any atom is 0.364 e. The topological polar surface area (TPSA) is 110 Å². The van der Waals surface area contributed by atoms with Crippen molar-refractivity contribution in [2.24, 2.45) is 5.73 Å². The summed E-state index contributed by atoms with van der Waals surface area (Å²) in [7, 11) is 0. The van der Waals surface area contributed by atoms with E-state index in [-0.39, 0.29) is 5.69 Å². The minimum Gasteiger partial charge on any atom is -0.380 e. The number of rotatable bonds is 7. The lowest BCUT2D eigenvalue weighted by Crippen LogP contribution is -2.15. The number of ether oxygens (including phenoxy) is 1. The highest BCUT2D eigenvalue weighted by Crippen LogP contribution is 2.02. The molecule has 0 bridgehead atoms. The molecule has 2 aromatic heterocycles. The lowest BCUT2D eigenvalue weighted by atomic mass is 10.4. The van der Waals surface area contributed by atoms with Crippen LogP contribution >= 0.6 is 0 Å². The zero-order valence-electron chi connectivity index (χ0n) is 9.93. The van der Waals surface area contributed by atoms with Gasteiger partial charge in [-0.2, -0.15) is 9.61 Å². The van der Waals surface area contributed by atoms with E-state index in [0.717, 1.165) is 13.0 Å². The van der Waals surface area contributed by atoms with Crippen molar-refractivity contribution in [1.82, 2.24) is 19.8 Å². The zero-order valence-corrected chi connectivity index (χ0v) is 9.93. The van der Waals surface area contributed by atoms with Crippen LogP contribution in [-0.2, 0) is 4.74 Å². The van der Waals surface area contributed by atoms with E-state index in [2.05, 4.69) is 20.6 Å². The van der Waals surface area contributed by atoms with Crippen LogP contribution in [0.15, 0.2) is 16.9 Å². The highest BCUT2D eigenvalue weighted by atomic mass is 16.5. The molecule has 2 heterocycles. The summed E-state index contributed by atoms with van der Waals surface area (Å²) in [5, 5.41) is 13.3. The molecule has 2 rings (SSSR count). The average molecular weight is 252 g/mol. The Balaban J connectivity index is 1.84. The molecule has 8 nitrogen and oxygen atoms in total. The number of H-pyrrole nitrogens is 1. The molecule has 2 aromatic rings. The van der Waals surface area contributed by atoms with Crippen LogP contribution in [0.1, 0.15) is 6.42 Å². The normalized spacial score (nSPS) is 10.9. The van der Waals surface area contributed by atoms with Gasteiger partial charge in [0.05, 0.1) is 6.61 Å². The molecule has 0 aliphatic heterocycles. The van der Waals surface area contributed by atoms with Gasteiger partial charge in [0.15, 0.2) is 5.65 Å². The van der Waals surface area contributed by atoms with Gasteiger partial charge in [-0.05, 0) is 18.6 Å². The Bertz CT molecular complexity index is 549. The second-order valence-electron chi connectivity index (χ2n) is 3.70. The van der Waals surface area contributed by atoms with Crippen LogP contribution in [0.5, 0.6) is 0 Å². The van der Waals surface area contributed by atoms with Gasteiger partial charge in [-0.25, -0.2) is 9.89 Å². The van der Waals surface area contributed by atoms with Crippen molar-refractivity contribution >= 4 is 11.5 Å². The number of hydrogen-bond donors (Lipinski definition) is 3. The number of fused-ring (bicyclic) bond motifs is 1. The van der Waals surface area contributed by atoms with Gasteiger partial charge in [0.2, 0.25) is 0 Å². The smallest absolute Gasteiger partial charge is 0.364 e. The molecular weight excluding hydrogens is 236 g/mol. The van der Waals surface area contributed by atoms with E-state index in [4.69, 9.17) is 10.5 Å². The van der Waals surface area contributed by atoms with Crippen molar-refractivity contribution < 1.29 is 4.74 Å². The third-order valence-electron chi connectivity index (χ3n) is 2.31. The Labute approximate surface area is 103 Å². The van der Waals surface area contributed by atoms with Gasteiger partial charge in [0.1, 0.15) is 5.82 Å². The molecule has 0 aromatic carbocycles. The molecule has 0 amide bonds. The van der Waals surface area contributed by atoms with Crippen molar-refractivity contribution in [3.05, 3.63) is 22.6 Å². The summed E-state index contributed by atoms with van der Waals surface area (Å²) in [5.41, 5.74) is 5.45. The number of nitrogens with one attached hydrogen (secondary N) is 2. The Hall–Kier alpha value is -1.93. The molecule has 0 saturated heterocycles. The zero-order chi connectivity index (χ0) is 12.8. The van der Waals surface area contributed by atoms with Gasteiger partial charge < -0.3 is 15.8 Å². The molecule has 8 heteroatoms. The van der Waals surface area contributed by atoms with Crippen LogP contribution in [0.3, 0.4) is 0 Å². The fourth-order valence-electron chi connectivity index (χ4n) is 1.47. The lowest BCUT2D eigenvalue weighted by molar-refractivity contribution is 0.141. The molecule has 0 aliphatic rings. The summed E-state index contributed by atoms with van der Waals surface area (Å²) < 4.78 is 6.46. The molecular formula is C10H16N6O2. The highest BCUT2D eigenvalue weighted by Gasteiger charge is 2.01. The minimum absolute atomic E-state index is 0.347. The average Bonchev–Trinajstić information content (AvgIpc) is 2.75. The summed E-state index contributed by atoms with van der Waals surface area (Å²) in [6.07, 6.45) is 0.847. The van der Waals surface area contributed by atoms with Crippen molar-refractivity contribution in [2.45, 2.75) is 6.42 Å². The van der Waals surface area contributed by atoms with E-state index >= 15 is 0 Å². The van der Waals surface area contributed by atoms with Gasteiger partial charge in [0, 0.05) is 19.7 Å². The predicted octanol–water partition coefficient (Wildman–Crippen LogP) is -0.805. The summed E-state index contributed by atoms with van der Waals surface area (Å²) in [4.78, 5) is 11.3. The van der Waals surface area contributed by atoms with Crippen LogP contribution in [-0.4, -0.2) is 46.1 Å². The lowest BCUT2D eigenvalue weighted by Gasteiger charge is -2.05. The van der Waals surface area contributed by atoms with Crippen LogP contribution in [0.25, 0.3) is 5.65 Å². The van der Waals surface area contributed by atoms with Crippen LogP contribution in [0.2, 0.25) is 0 Å². The molecule has 0 saturated carbocycles. The van der Waals surface area contributed by atoms with Gasteiger partial charge in [0.25, 0.3) is 0 Å². The maximum absolute atomic E-state index is 11.3. The Kier molecular flexibility index (Phi) is 4.26. The first-order chi connectivity index (χ1) is 8.81. The quantitative estimate of drug-likeness (QED) is 0.556. The van der Waals surface area contributed by atoms with Gasteiger partial charge in [-0.1, -0.05) is 0 Å². The van der Waals surface area contributed by atoms with Crippen molar-refractivity contribution in [1.29, 1.82) is 0 Å². The van der Waals surface area contributed by atoms with Crippen molar-refractivity contribution in [3.8, 4) is 0 Å². The molecule has 4 N–H and O–H groups in total. The number of hydrogen-bond acceptors (Lipinski definition) is 6. The second-order valence-corrected chi connectivity index (χ2v) is 3.70. The number of aromatic amines is 1. The third-order valence-corrected chi connectivity index (χ3v) is 2.31. The predicted molar refractivity (Wildman–Crippen MR) is 66.6 cm³/mol. The standard InChI is InChI=1S/C10H16N6O2/c11-4-7-18-6-1-5-12-8-2-3-9-13-14-10(17)16(9)15-8/h2-3H,1,4-7,11H2,(H,12,15)(H,14,17). The second kappa shape index (κ2) is 6.12. The SMILES string of the molecule is NCCOCCCNc1ccc2n[nH]c(=O)n2n1. The third kappa shape index (κ3) is 3.05. The summed E-state index contributed by atoms with van der Waals surface area (Å²) in [6.45, 7) is 2.48. The largest absolute Gasteiger partial charge is 0.380 e. The van der Waals surface area contributed by atoms with Crippen molar-refractivity contribution in [3.63, 3.8) is 0 Å². The molecule has 0 unspecified atom stereocenters. The van der Waals surface area contributed by atoms with Crippen LogP contribution in [0, 0.1) is 0 Å². The fourth-order valence-corrected chi connectivity index (χ4v) is 1.47.